The van der Waals surface area contributed by atoms with Gasteiger partial charge in [-0.25, -0.2) is 0 Å². The Morgan fingerprint density at radius 1 is 1.18 bits per heavy atom. The van der Waals surface area contributed by atoms with Crippen LogP contribution in [0.15, 0.2) is 28.7 Å². The number of halogens is 1. The second-order valence-electron chi connectivity index (χ2n) is 5.50. The van der Waals surface area contributed by atoms with Crippen molar-refractivity contribution in [1.29, 1.82) is 0 Å². The molecule has 2 amide bonds. The van der Waals surface area contributed by atoms with E-state index in [-0.39, 0.29) is 17.9 Å². The Morgan fingerprint density at radius 3 is 2.27 bits per heavy atom. The number of carbonyl (C=O) groups is 2. The van der Waals surface area contributed by atoms with Crippen molar-refractivity contribution in [1.82, 2.24) is 10.2 Å². The smallest absolute Gasteiger partial charge is 0.242 e. The van der Waals surface area contributed by atoms with Crippen LogP contribution in [-0.4, -0.2) is 28.8 Å². The van der Waals surface area contributed by atoms with Gasteiger partial charge in [-0.15, -0.1) is 0 Å². The molecule has 4 nitrogen and oxygen atoms in total. The normalized spacial score (nSPS) is 13.3. The third-order valence-electron chi connectivity index (χ3n) is 3.74. The Hall–Kier alpha value is -1.36. The minimum absolute atomic E-state index is 0.0188. The van der Waals surface area contributed by atoms with Crippen LogP contribution in [0.2, 0.25) is 0 Å². The van der Waals surface area contributed by atoms with Gasteiger partial charge in [0.15, 0.2) is 0 Å². The first-order chi connectivity index (χ1) is 10.4. The number of hydrogen-bond acceptors (Lipinski definition) is 2. The number of rotatable bonds is 7. The van der Waals surface area contributed by atoms with Crippen molar-refractivity contribution >= 4 is 27.7 Å². The largest absolute Gasteiger partial charge is 0.352 e. The number of amides is 2. The average Bonchev–Trinajstić information content (AvgIpc) is 2.52. The summed E-state index contributed by atoms with van der Waals surface area (Å²) in [7, 11) is 0. The molecule has 0 unspecified atom stereocenters. The van der Waals surface area contributed by atoms with Crippen LogP contribution in [0.4, 0.5) is 0 Å². The predicted molar refractivity (Wildman–Crippen MR) is 92.3 cm³/mol. The Labute approximate surface area is 141 Å². The highest BCUT2D eigenvalue weighted by Crippen LogP contribution is 2.15. The van der Waals surface area contributed by atoms with Crippen LogP contribution in [0, 0.1) is 0 Å². The minimum Gasteiger partial charge on any atom is -0.352 e. The molecule has 122 valence electrons. The van der Waals surface area contributed by atoms with Crippen molar-refractivity contribution < 1.29 is 9.59 Å². The maximum Gasteiger partial charge on any atom is 0.242 e. The molecule has 0 aliphatic carbocycles. The van der Waals surface area contributed by atoms with Gasteiger partial charge in [0.05, 0.1) is 0 Å². The molecule has 2 atom stereocenters. The van der Waals surface area contributed by atoms with E-state index in [9.17, 15) is 9.59 Å². The Kier molecular flexibility index (Phi) is 7.59. The molecule has 1 rings (SSSR count). The molecule has 0 saturated carbocycles. The molecule has 0 aliphatic heterocycles. The SMILES string of the molecule is CCC(=O)N(Cc1ccc(Br)cc1)[C@@H](C)C(=O)N[C@H](C)CC. The molecule has 22 heavy (non-hydrogen) atoms. The van der Waals surface area contributed by atoms with Crippen LogP contribution in [0.1, 0.15) is 46.1 Å². The van der Waals surface area contributed by atoms with E-state index in [1.807, 2.05) is 45.0 Å². The molecule has 1 N–H and O–H groups in total. The lowest BCUT2D eigenvalue weighted by Gasteiger charge is -2.29. The fourth-order valence-electron chi connectivity index (χ4n) is 2.04. The summed E-state index contributed by atoms with van der Waals surface area (Å²) < 4.78 is 0.993. The lowest BCUT2D eigenvalue weighted by Crippen LogP contribution is -2.49. The van der Waals surface area contributed by atoms with Crippen LogP contribution in [0.3, 0.4) is 0 Å². The first-order valence-corrected chi connectivity index (χ1v) is 8.52. The van der Waals surface area contributed by atoms with Crippen molar-refractivity contribution in [3.63, 3.8) is 0 Å². The van der Waals surface area contributed by atoms with E-state index in [4.69, 9.17) is 0 Å². The fraction of sp³-hybridized carbons (Fsp3) is 0.529. The van der Waals surface area contributed by atoms with Crippen LogP contribution in [0.25, 0.3) is 0 Å². The van der Waals surface area contributed by atoms with E-state index in [2.05, 4.69) is 21.2 Å². The summed E-state index contributed by atoms with van der Waals surface area (Å²) in [6, 6.07) is 7.42. The quantitative estimate of drug-likeness (QED) is 0.800. The number of benzene rings is 1. The van der Waals surface area contributed by atoms with Gasteiger partial charge in [0.1, 0.15) is 6.04 Å². The van der Waals surface area contributed by atoms with Crippen molar-refractivity contribution in [3.8, 4) is 0 Å². The zero-order valence-electron chi connectivity index (χ0n) is 13.7. The molecule has 0 radical (unpaired) electrons. The minimum atomic E-state index is -0.481. The van der Waals surface area contributed by atoms with E-state index in [0.29, 0.717) is 13.0 Å². The van der Waals surface area contributed by atoms with Gasteiger partial charge in [-0.1, -0.05) is 41.9 Å². The summed E-state index contributed by atoms with van der Waals surface area (Å²) in [5.74, 6) is -0.122. The summed E-state index contributed by atoms with van der Waals surface area (Å²) in [6.07, 6.45) is 1.25. The molecule has 1 aromatic rings. The number of hydrogen-bond donors (Lipinski definition) is 1. The lowest BCUT2D eigenvalue weighted by molar-refractivity contribution is -0.140. The van der Waals surface area contributed by atoms with E-state index < -0.39 is 6.04 Å². The van der Waals surface area contributed by atoms with E-state index in [0.717, 1.165) is 16.5 Å². The molecule has 0 fully saturated rings. The van der Waals surface area contributed by atoms with Crippen LogP contribution in [0.5, 0.6) is 0 Å². The maximum atomic E-state index is 12.3. The van der Waals surface area contributed by atoms with Crippen molar-refractivity contribution in [3.05, 3.63) is 34.3 Å². The second kappa shape index (κ2) is 8.93. The van der Waals surface area contributed by atoms with E-state index in [1.54, 1.807) is 11.8 Å². The van der Waals surface area contributed by atoms with Crippen LogP contribution in [-0.2, 0) is 16.1 Å². The molecule has 0 saturated heterocycles. The van der Waals surface area contributed by atoms with Gasteiger partial charge >= 0.3 is 0 Å². The topological polar surface area (TPSA) is 49.4 Å². The summed E-state index contributed by atoms with van der Waals surface area (Å²) in [6.45, 7) is 8.02. The monoisotopic (exact) mass is 368 g/mol. The van der Waals surface area contributed by atoms with Gasteiger partial charge in [0.25, 0.3) is 0 Å². The first kappa shape index (κ1) is 18.7. The Balaban J connectivity index is 2.85. The fourth-order valence-corrected chi connectivity index (χ4v) is 2.30. The third-order valence-corrected chi connectivity index (χ3v) is 4.27. The average molecular weight is 369 g/mol. The highest BCUT2D eigenvalue weighted by Gasteiger charge is 2.25. The molecule has 5 heteroatoms. The maximum absolute atomic E-state index is 12.3. The molecule has 0 heterocycles. The van der Waals surface area contributed by atoms with Gasteiger partial charge in [0.2, 0.25) is 11.8 Å². The summed E-state index contributed by atoms with van der Waals surface area (Å²) >= 11 is 3.40. The zero-order valence-corrected chi connectivity index (χ0v) is 15.3. The molecule has 0 bridgehead atoms. The highest BCUT2D eigenvalue weighted by atomic mass is 79.9. The summed E-state index contributed by atoms with van der Waals surface area (Å²) in [4.78, 5) is 26.2. The molecule has 1 aromatic carbocycles. The molecular weight excluding hydrogens is 344 g/mol. The molecule has 0 aromatic heterocycles. The van der Waals surface area contributed by atoms with Gasteiger partial charge in [-0.3, -0.25) is 9.59 Å². The standard InChI is InChI=1S/C17H25BrN2O2/c1-5-12(3)19-17(22)13(4)20(16(21)6-2)11-14-7-9-15(18)10-8-14/h7-10,12-13H,5-6,11H2,1-4H3,(H,19,22)/t12-,13+/m1/s1. The zero-order chi connectivity index (χ0) is 16.7. The van der Waals surface area contributed by atoms with Crippen molar-refractivity contribution in [2.24, 2.45) is 0 Å². The van der Waals surface area contributed by atoms with Gasteiger partial charge in [-0.05, 0) is 38.0 Å². The molecule has 0 spiro atoms. The van der Waals surface area contributed by atoms with Gasteiger partial charge in [0, 0.05) is 23.5 Å². The molecular formula is C17H25BrN2O2. The predicted octanol–water partition coefficient (Wildman–Crippen LogP) is 3.49. The van der Waals surface area contributed by atoms with Gasteiger partial charge < -0.3 is 10.2 Å². The first-order valence-electron chi connectivity index (χ1n) is 7.73. The lowest BCUT2D eigenvalue weighted by atomic mass is 10.1. The summed E-state index contributed by atoms with van der Waals surface area (Å²) in [5, 5.41) is 2.94. The molecule has 0 aliphatic rings. The number of carbonyl (C=O) groups excluding carboxylic acids is 2. The Bertz CT molecular complexity index is 502. The van der Waals surface area contributed by atoms with Crippen LogP contribution < -0.4 is 5.32 Å². The van der Waals surface area contributed by atoms with E-state index in [1.165, 1.54) is 0 Å². The Morgan fingerprint density at radius 2 is 1.77 bits per heavy atom. The highest BCUT2D eigenvalue weighted by molar-refractivity contribution is 9.10. The van der Waals surface area contributed by atoms with Crippen molar-refractivity contribution in [2.45, 2.75) is 59.2 Å². The third kappa shape index (κ3) is 5.44. The van der Waals surface area contributed by atoms with Crippen molar-refractivity contribution in [2.75, 3.05) is 0 Å². The number of nitrogens with one attached hydrogen (secondary N) is 1. The second-order valence-corrected chi connectivity index (χ2v) is 6.41. The summed E-state index contributed by atoms with van der Waals surface area (Å²) in [5.41, 5.74) is 1.01. The van der Waals surface area contributed by atoms with E-state index >= 15 is 0 Å². The number of nitrogens with zero attached hydrogens (tertiary/aromatic N) is 1. The van der Waals surface area contributed by atoms with Gasteiger partial charge in [-0.2, -0.15) is 0 Å². The van der Waals surface area contributed by atoms with Crippen LogP contribution >= 0.6 is 15.9 Å².